The molecule has 1 saturated carbocycles. The van der Waals surface area contributed by atoms with Gasteiger partial charge in [0.25, 0.3) is 5.92 Å². The van der Waals surface area contributed by atoms with Gasteiger partial charge in [0.15, 0.2) is 5.82 Å². The second-order valence-corrected chi connectivity index (χ2v) is 27.0. The third-order valence-corrected chi connectivity index (χ3v) is 20.1. The first kappa shape index (κ1) is 79.4. The molecule has 14 nitrogen and oxygen atoms in total. The Bertz CT molecular complexity index is 3230. The number of aromatic nitrogens is 3. The van der Waals surface area contributed by atoms with Gasteiger partial charge in [0.1, 0.15) is 40.9 Å². The molecule has 5 fully saturated rings. The topological polar surface area (TPSA) is 167 Å². The summed E-state index contributed by atoms with van der Waals surface area (Å²) in [6, 6.07) is 12.8. The van der Waals surface area contributed by atoms with Gasteiger partial charge in [0.05, 0.1) is 19.1 Å². The Labute approximate surface area is 565 Å². The maximum atomic E-state index is 16.0. The first-order valence-corrected chi connectivity index (χ1v) is 35.9. The van der Waals surface area contributed by atoms with Gasteiger partial charge in [-0.15, -0.1) is 0 Å². The number of fused-ring (bicyclic) bond motifs is 3. The van der Waals surface area contributed by atoms with Crippen LogP contribution in [-0.2, 0) is 30.3 Å². The highest BCUT2D eigenvalue weighted by Crippen LogP contribution is 2.52. The monoisotopic (exact) mass is 1330 g/mol. The van der Waals surface area contributed by atoms with E-state index in [0.29, 0.717) is 41.5 Å². The van der Waals surface area contributed by atoms with E-state index in [9.17, 15) is 32.7 Å². The molecule has 2 N–H and O–H groups in total. The third kappa shape index (κ3) is 21.4. The third-order valence-electron chi connectivity index (χ3n) is 20.1. The number of aldehydes is 1. The molecular weight excluding hydrogens is 1210 g/mol. The van der Waals surface area contributed by atoms with E-state index in [4.69, 9.17) is 14.3 Å². The van der Waals surface area contributed by atoms with Crippen LogP contribution in [-0.4, -0.2) is 113 Å². The quantitative estimate of drug-likeness (QED) is 0.0383. The Kier molecular flexibility index (Phi) is 32.3. The van der Waals surface area contributed by atoms with Crippen LogP contribution < -0.4 is 19.9 Å². The van der Waals surface area contributed by atoms with Crippen LogP contribution in [0.1, 0.15) is 241 Å². The number of hydrogen-bond acceptors (Lipinski definition) is 12. The van der Waals surface area contributed by atoms with Crippen molar-refractivity contribution in [3.63, 3.8) is 0 Å². The van der Waals surface area contributed by atoms with Crippen molar-refractivity contribution in [1.82, 2.24) is 25.2 Å². The Morgan fingerprint density at radius 2 is 1.55 bits per heavy atom. The molecule has 10 rings (SSSR count). The number of alkyl halides is 2. The minimum absolute atomic E-state index is 0.0297. The molecule has 3 amide bonds. The van der Waals surface area contributed by atoms with Gasteiger partial charge >= 0.3 is 6.01 Å². The van der Waals surface area contributed by atoms with Crippen LogP contribution in [0.15, 0.2) is 48.7 Å². The second kappa shape index (κ2) is 38.6. The number of benzene rings is 3. The van der Waals surface area contributed by atoms with Gasteiger partial charge < -0.3 is 24.3 Å². The standard InChI is InChI=1S/C25H22F4N4O2.C25H38N2O3.C14H28.C9H17NO.C2H4O.C2H6/c1-3-15-18(26)5-4-13-10-14(34)11-16(19(13)15)21-20(27)22-17(12-30-21)23(32-24(31-22)35-2)33-8-6-25(28,29)7-9-33;1-6-9-19(11-10-17(4)7-2)20-12-13-21(18(5)16-20)27(24(29)8-3)22-14-15-23(28)26-25(22)30;1-5-8-14(10-13(4)11-14)9-7-12(3)6-2;1-11-7-9-5-4-8-3-2-6-10(8)9;1-2-3;1-2/h4-5,10-12,34H,3,6-9H2,1-2H3;12-13,16-17,19,22H,6-11,14-15H2,1-5H3,(H,26,28,30);12-13H,5-11H2,1-4H3;8-9H,2-7H2,1H3;2H,1H3;1-2H3. The van der Waals surface area contributed by atoms with Gasteiger partial charge in [-0.25, -0.2) is 17.6 Å². The maximum absolute atomic E-state index is 16.0. The summed E-state index contributed by atoms with van der Waals surface area (Å²) in [5.41, 5.74) is 4.21. The van der Waals surface area contributed by atoms with Gasteiger partial charge in [0.2, 0.25) is 17.7 Å². The molecule has 5 aromatic rings. The highest BCUT2D eigenvalue weighted by atomic mass is 19.3. The summed E-state index contributed by atoms with van der Waals surface area (Å²) in [6.45, 7) is 29.6. The summed E-state index contributed by atoms with van der Waals surface area (Å²) >= 11 is 0. The van der Waals surface area contributed by atoms with E-state index in [0.717, 1.165) is 72.2 Å². The fourth-order valence-electron chi connectivity index (χ4n) is 14.7. The molecule has 0 radical (unpaired) electrons. The zero-order valence-corrected chi connectivity index (χ0v) is 60.2. The number of piperidine rings is 2. The van der Waals surface area contributed by atoms with E-state index in [1.165, 1.54) is 146 Å². The summed E-state index contributed by atoms with van der Waals surface area (Å²) in [5.74, 6) is -1.43. The van der Waals surface area contributed by atoms with Gasteiger partial charge in [-0.05, 0) is 178 Å². The predicted octanol–water partition coefficient (Wildman–Crippen LogP) is 18.4. The molecule has 3 aromatic carbocycles. The normalized spacial score (nSPS) is 21.2. The van der Waals surface area contributed by atoms with Gasteiger partial charge in [-0.3, -0.25) is 34.5 Å². The van der Waals surface area contributed by atoms with Crippen molar-refractivity contribution in [2.75, 3.05) is 50.3 Å². The molecule has 4 aliphatic heterocycles. The zero-order chi connectivity index (χ0) is 70.2. The summed E-state index contributed by atoms with van der Waals surface area (Å²) < 4.78 is 68.4. The van der Waals surface area contributed by atoms with Crippen LogP contribution in [0.5, 0.6) is 11.8 Å². The summed E-state index contributed by atoms with van der Waals surface area (Å²) in [5, 5.41) is 13.9. The molecule has 2 aromatic heterocycles. The van der Waals surface area contributed by atoms with Crippen molar-refractivity contribution in [2.45, 2.75) is 261 Å². The van der Waals surface area contributed by atoms with E-state index < -0.39 is 23.6 Å². The SMILES string of the molecule is CC.CC=O.CCCC(CCC(C)CC)c1ccc(N(C(=O)CC)C2CCC(=O)NC2=O)c(C)c1.CCCC1(CCC(C)CC)CC(C)C1.CCc1c(F)ccc2cc(O)cc(-c3ncc4c(N5CCC(F)(F)CC5)nc(OC)nc4c3F)c12.COCC1CCC2CCCN21. The average Bonchev–Trinajstić information content (AvgIpc) is 0.832. The van der Waals surface area contributed by atoms with E-state index in [1.54, 1.807) is 23.6 Å². The largest absolute Gasteiger partial charge is 0.508 e. The number of carbonyl (C=O) groups is 4. The van der Waals surface area contributed by atoms with E-state index in [1.807, 2.05) is 33.9 Å². The molecule has 6 heterocycles. The molecule has 1 aliphatic carbocycles. The first-order valence-electron chi connectivity index (χ1n) is 35.9. The number of ether oxygens (including phenoxy) is 2. The molecule has 95 heavy (non-hydrogen) atoms. The second-order valence-electron chi connectivity index (χ2n) is 27.0. The number of rotatable bonds is 22. The number of nitrogens with one attached hydrogen (secondary N) is 1. The molecule has 6 unspecified atom stereocenters. The minimum Gasteiger partial charge on any atom is -0.508 e. The predicted molar refractivity (Wildman–Crippen MR) is 378 cm³/mol. The number of phenolic OH excluding ortho intramolecular Hbond substituents is 1. The first-order chi connectivity index (χ1) is 45.5. The van der Waals surface area contributed by atoms with Crippen LogP contribution in [0.25, 0.3) is 32.9 Å². The van der Waals surface area contributed by atoms with Crippen molar-refractivity contribution < 1.29 is 51.3 Å². The van der Waals surface area contributed by atoms with Crippen molar-refractivity contribution >= 4 is 57.2 Å². The Balaban J connectivity index is 0.000000243. The zero-order valence-electron chi connectivity index (χ0n) is 60.2. The van der Waals surface area contributed by atoms with Crippen LogP contribution in [0, 0.1) is 41.7 Å². The van der Waals surface area contributed by atoms with E-state index in [2.05, 4.69) is 85.8 Å². The van der Waals surface area contributed by atoms with E-state index in [-0.39, 0.29) is 89.8 Å². The van der Waals surface area contributed by atoms with Crippen LogP contribution in [0.3, 0.4) is 0 Å². The number of methoxy groups -OCH3 is 2. The number of nitrogens with zero attached hydrogens (tertiary/aromatic N) is 6. The smallest absolute Gasteiger partial charge is 0.318 e. The van der Waals surface area contributed by atoms with Crippen molar-refractivity contribution in [3.05, 3.63) is 77.0 Å². The number of anilines is 2. The number of imide groups is 1. The lowest BCUT2D eigenvalue weighted by molar-refractivity contribution is -0.135. The minimum atomic E-state index is -2.76. The lowest BCUT2D eigenvalue weighted by atomic mass is 9.58. The van der Waals surface area contributed by atoms with Gasteiger partial charge in [0, 0.05) is 75.4 Å². The van der Waals surface area contributed by atoms with Gasteiger partial charge in [-0.2, -0.15) is 9.97 Å². The molecule has 0 bridgehead atoms. The molecule has 0 spiro atoms. The fraction of sp³-hybridized carbons (Fsp3) is 0.649. The Morgan fingerprint density at radius 1 is 0.863 bits per heavy atom. The summed E-state index contributed by atoms with van der Waals surface area (Å²) in [7, 11) is 3.14. The van der Waals surface area contributed by atoms with Crippen molar-refractivity contribution in [3.8, 4) is 23.0 Å². The molecular formula is C77H115F4N7O7. The molecule has 528 valence electrons. The number of aryl methyl sites for hydroxylation is 2. The van der Waals surface area contributed by atoms with Crippen molar-refractivity contribution in [2.24, 2.45) is 23.2 Å². The van der Waals surface area contributed by atoms with Crippen LogP contribution >= 0.6 is 0 Å². The number of aromatic hydroxyl groups is 1. The Morgan fingerprint density at radius 3 is 2.14 bits per heavy atom. The molecule has 6 atom stereocenters. The number of carbonyl (C=O) groups excluding carboxylic acids is 4. The molecule has 4 saturated heterocycles. The van der Waals surface area contributed by atoms with Crippen LogP contribution in [0.4, 0.5) is 29.1 Å². The number of hydrogen-bond donors (Lipinski definition) is 2. The van der Waals surface area contributed by atoms with Crippen LogP contribution in [0.2, 0.25) is 0 Å². The fourth-order valence-corrected chi connectivity index (χ4v) is 14.7. The van der Waals surface area contributed by atoms with Crippen molar-refractivity contribution in [1.29, 1.82) is 0 Å². The number of phenols is 1. The summed E-state index contributed by atoms with van der Waals surface area (Å²) in [4.78, 5) is 64.3. The summed E-state index contributed by atoms with van der Waals surface area (Å²) in [6.07, 6.45) is 24.4. The molecule has 18 heteroatoms. The highest BCUT2D eigenvalue weighted by Gasteiger charge is 2.41. The van der Waals surface area contributed by atoms with E-state index >= 15 is 4.39 Å². The molecule has 5 aliphatic rings. The maximum Gasteiger partial charge on any atom is 0.318 e. The number of pyridine rings is 1. The highest BCUT2D eigenvalue weighted by molar-refractivity contribution is 6.07. The number of amides is 3. The lowest BCUT2D eigenvalue weighted by Gasteiger charge is -2.47. The average molecular weight is 1330 g/mol. The lowest BCUT2D eigenvalue weighted by Crippen LogP contribution is -2.54. The van der Waals surface area contributed by atoms with Gasteiger partial charge in [-0.1, -0.05) is 133 Å². The Hall–Kier alpha value is -6.27. The number of halogens is 4.